The normalized spacial score (nSPS) is 24.5. The van der Waals surface area contributed by atoms with E-state index in [1.54, 1.807) is 0 Å². The number of likely N-dealkylation sites (tertiary alicyclic amines) is 1. The van der Waals surface area contributed by atoms with Gasteiger partial charge in [0.15, 0.2) is 0 Å². The molecule has 0 N–H and O–H groups in total. The van der Waals surface area contributed by atoms with Crippen LogP contribution in [0, 0.1) is 5.92 Å². The van der Waals surface area contributed by atoms with Crippen molar-refractivity contribution >= 4 is 0 Å². The van der Waals surface area contributed by atoms with Gasteiger partial charge in [0.05, 0.1) is 12.3 Å². The van der Waals surface area contributed by atoms with Crippen molar-refractivity contribution in [2.75, 3.05) is 13.2 Å². The molecule has 1 aliphatic carbocycles. The van der Waals surface area contributed by atoms with Gasteiger partial charge in [-0.25, -0.2) is 0 Å². The van der Waals surface area contributed by atoms with E-state index in [0.29, 0.717) is 12.1 Å². The Balaban J connectivity index is 1.46. The third-order valence-corrected chi connectivity index (χ3v) is 5.15. The Kier molecular flexibility index (Phi) is 4.63. The maximum absolute atomic E-state index is 6.30. The van der Waals surface area contributed by atoms with Crippen LogP contribution >= 0.6 is 0 Å². The largest absolute Gasteiger partial charge is 0.376 e. The van der Waals surface area contributed by atoms with Crippen molar-refractivity contribution in [3.05, 3.63) is 48.0 Å². The van der Waals surface area contributed by atoms with Gasteiger partial charge in [-0.1, -0.05) is 6.07 Å². The molecule has 5 heteroatoms. The molecule has 2 aromatic heterocycles. The number of hydrogen-bond acceptors (Lipinski definition) is 4. The molecule has 24 heavy (non-hydrogen) atoms. The molecule has 0 spiro atoms. The highest BCUT2D eigenvalue weighted by Gasteiger charge is 2.36. The van der Waals surface area contributed by atoms with Crippen molar-refractivity contribution in [1.29, 1.82) is 0 Å². The monoisotopic (exact) mass is 326 g/mol. The summed E-state index contributed by atoms with van der Waals surface area (Å²) in [6.07, 6.45) is 13.1. The molecule has 0 radical (unpaired) electrons. The molecule has 1 aliphatic heterocycles. The number of hydrogen-bond donors (Lipinski definition) is 0. The van der Waals surface area contributed by atoms with Crippen molar-refractivity contribution in [3.8, 4) is 0 Å². The first-order valence-electron chi connectivity index (χ1n) is 9.00. The van der Waals surface area contributed by atoms with Crippen LogP contribution in [0.25, 0.3) is 0 Å². The lowest BCUT2D eigenvalue weighted by Gasteiger charge is -2.28. The van der Waals surface area contributed by atoms with E-state index in [4.69, 9.17) is 4.74 Å². The van der Waals surface area contributed by atoms with Crippen LogP contribution in [0.5, 0.6) is 0 Å². The minimum atomic E-state index is 0.336. The van der Waals surface area contributed by atoms with Gasteiger partial charge in [-0.2, -0.15) is 5.10 Å². The van der Waals surface area contributed by atoms with E-state index in [1.165, 1.54) is 24.0 Å². The van der Waals surface area contributed by atoms with Crippen LogP contribution in [-0.2, 0) is 24.8 Å². The van der Waals surface area contributed by atoms with E-state index in [9.17, 15) is 0 Å². The quantitative estimate of drug-likeness (QED) is 0.784. The first-order valence-corrected chi connectivity index (χ1v) is 9.00. The minimum Gasteiger partial charge on any atom is -0.376 e. The van der Waals surface area contributed by atoms with Gasteiger partial charge in [0, 0.05) is 51.4 Å². The molecule has 128 valence electrons. The topological polar surface area (TPSA) is 43.2 Å². The summed E-state index contributed by atoms with van der Waals surface area (Å²) in [5.74, 6) is 0.816. The molecule has 0 amide bonds. The second-order valence-corrected chi connectivity index (χ2v) is 7.23. The van der Waals surface area contributed by atoms with Crippen LogP contribution in [0.1, 0.15) is 30.4 Å². The summed E-state index contributed by atoms with van der Waals surface area (Å²) in [4.78, 5) is 6.81. The summed E-state index contributed by atoms with van der Waals surface area (Å²) in [5, 5.41) is 4.32. The minimum absolute atomic E-state index is 0.336. The average molecular weight is 326 g/mol. The molecular weight excluding hydrogens is 300 g/mol. The zero-order chi connectivity index (χ0) is 16.4. The van der Waals surface area contributed by atoms with Crippen LogP contribution in [0.4, 0.5) is 0 Å². The third-order valence-electron chi connectivity index (χ3n) is 5.15. The molecule has 0 unspecified atom stereocenters. The van der Waals surface area contributed by atoms with Gasteiger partial charge in [0.25, 0.3) is 0 Å². The molecule has 3 heterocycles. The lowest BCUT2D eigenvalue weighted by Crippen LogP contribution is -2.38. The van der Waals surface area contributed by atoms with E-state index >= 15 is 0 Å². The fraction of sp³-hybridized carbons (Fsp3) is 0.579. The highest BCUT2D eigenvalue weighted by molar-refractivity contribution is 5.12. The van der Waals surface area contributed by atoms with Gasteiger partial charge in [-0.15, -0.1) is 0 Å². The van der Waals surface area contributed by atoms with Gasteiger partial charge >= 0.3 is 0 Å². The summed E-state index contributed by atoms with van der Waals surface area (Å²) in [6, 6.07) is 4.60. The SMILES string of the molecule is Cn1cc(C[C@@H]2[C@H](OCC3CC3)CCN2Cc2cccnc2)cn1. The summed E-state index contributed by atoms with van der Waals surface area (Å²) < 4.78 is 8.19. The summed E-state index contributed by atoms with van der Waals surface area (Å²) in [7, 11) is 1.98. The fourth-order valence-corrected chi connectivity index (χ4v) is 3.63. The van der Waals surface area contributed by atoms with E-state index in [2.05, 4.69) is 27.2 Å². The van der Waals surface area contributed by atoms with Crippen molar-refractivity contribution in [1.82, 2.24) is 19.7 Å². The van der Waals surface area contributed by atoms with E-state index in [-0.39, 0.29) is 0 Å². The molecule has 2 aliphatic rings. The molecule has 0 bridgehead atoms. The summed E-state index contributed by atoms with van der Waals surface area (Å²) in [6.45, 7) is 2.98. The predicted octanol–water partition coefficient (Wildman–Crippen LogP) is 2.43. The first-order chi connectivity index (χ1) is 11.8. The first kappa shape index (κ1) is 15.8. The van der Waals surface area contributed by atoms with Gasteiger partial charge in [0.2, 0.25) is 0 Å². The lowest BCUT2D eigenvalue weighted by atomic mass is 10.0. The smallest absolute Gasteiger partial charge is 0.0745 e. The Morgan fingerprint density at radius 1 is 1.21 bits per heavy atom. The lowest BCUT2D eigenvalue weighted by molar-refractivity contribution is 0.0196. The van der Waals surface area contributed by atoms with Gasteiger partial charge in [-0.3, -0.25) is 14.6 Å². The Morgan fingerprint density at radius 3 is 2.83 bits per heavy atom. The number of nitrogens with zero attached hydrogens (tertiary/aromatic N) is 4. The molecule has 1 saturated carbocycles. The summed E-state index contributed by atoms with van der Waals surface area (Å²) >= 11 is 0. The van der Waals surface area contributed by atoms with Crippen molar-refractivity contribution in [2.24, 2.45) is 13.0 Å². The zero-order valence-electron chi connectivity index (χ0n) is 14.3. The molecule has 1 saturated heterocycles. The number of aromatic nitrogens is 3. The van der Waals surface area contributed by atoms with Crippen LogP contribution in [0.15, 0.2) is 36.9 Å². The van der Waals surface area contributed by atoms with Crippen LogP contribution in [0.2, 0.25) is 0 Å². The van der Waals surface area contributed by atoms with Crippen molar-refractivity contribution in [3.63, 3.8) is 0 Å². The van der Waals surface area contributed by atoms with Crippen LogP contribution in [0.3, 0.4) is 0 Å². The van der Waals surface area contributed by atoms with E-state index in [1.807, 2.05) is 36.4 Å². The molecule has 4 rings (SSSR count). The predicted molar refractivity (Wildman–Crippen MR) is 92.4 cm³/mol. The molecule has 2 atom stereocenters. The van der Waals surface area contributed by atoms with E-state index < -0.39 is 0 Å². The maximum Gasteiger partial charge on any atom is 0.0745 e. The number of rotatable bonds is 7. The van der Waals surface area contributed by atoms with E-state index in [0.717, 1.165) is 38.5 Å². The molecule has 2 fully saturated rings. The molecule has 2 aromatic rings. The Labute approximate surface area is 143 Å². The van der Waals surface area contributed by atoms with Crippen molar-refractivity contribution in [2.45, 2.75) is 44.4 Å². The number of ether oxygens (including phenoxy) is 1. The maximum atomic E-state index is 6.30. The molecular formula is C19H26N4O. The van der Waals surface area contributed by atoms with Crippen LogP contribution in [-0.4, -0.2) is 45.0 Å². The second kappa shape index (κ2) is 7.03. The molecule has 5 nitrogen and oxygen atoms in total. The summed E-state index contributed by atoms with van der Waals surface area (Å²) in [5.41, 5.74) is 2.57. The van der Waals surface area contributed by atoms with Gasteiger partial charge in [0.1, 0.15) is 0 Å². The zero-order valence-corrected chi connectivity index (χ0v) is 14.3. The van der Waals surface area contributed by atoms with Gasteiger partial charge in [-0.05, 0) is 48.8 Å². The Bertz CT molecular complexity index is 652. The third kappa shape index (κ3) is 3.84. The van der Waals surface area contributed by atoms with Crippen molar-refractivity contribution < 1.29 is 4.74 Å². The number of aryl methyl sites for hydroxylation is 1. The van der Waals surface area contributed by atoms with Gasteiger partial charge < -0.3 is 4.74 Å². The number of pyridine rings is 1. The standard InChI is InChI=1S/C19H26N4O/c1-22-12-17(11-21-22)9-18-19(24-14-15-4-5-15)6-8-23(18)13-16-3-2-7-20-10-16/h2-3,7,10-12,15,18-19H,4-6,8-9,13-14H2,1H3/t18-,19-/m1/s1. The highest BCUT2D eigenvalue weighted by atomic mass is 16.5. The second-order valence-electron chi connectivity index (χ2n) is 7.23. The molecule has 0 aromatic carbocycles. The Morgan fingerprint density at radius 2 is 2.12 bits per heavy atom. The van der Waals surface area contributed by atoms with Crippen LogP contribution < -0.4 is 0 Å². The fourth-order valence-electron chi connectivity index (χ4n) is 3.63. The average Bonchev–Trinajstić information content (AvgIpc) is 3.23. The Hall–Kier alpha value is -1.72. The highest BCUT2D eigenvalue weighted by Crippen LogP contribution is 2.32.